The van der Waals surface area contributed by atoms with E-state index in [2.05, 4.69) is 15.0 Å². The lowest BCUT2D eigenvalue weighted by molar-refractivity contribution is -0.147. The first-order chi connectivity index (χ1) is 11.5. The van der Waals surface area contributed by atoms with Gasteiger partial charge in [0.1, 0.15) is 6.10 Å². The molecule has 9 heteroatoms. The topological polar surface area (TPSA) is 139 Å². The highest BCUT2D eigenvalue weighted by Gasteiger charge is 2.53. The molecule has 24 heavy (non-hydrogen) atoms. The highest BCUT2D eigenvalue weighted by atomic mass is 16.6. The van der Waals surface area contributed by atoms with E-state index in [-0.39, 0.29) is 24.0 Å². The minimum atomic E-state index is -0.870. The summed E-state index contributed by atoms with van der Waals surface area (Å²) in [4.78, 5) is 22.9. The lowest BCUT2D eigenvalue weighted by Gasteiger charge is -2.36. The quantitative estimate of drug-likeness (QED) is 0.603. The molecule has 0 amide bonds. The van der Waals surface area contributed by atoms with Crippen LogP contribution in [0.4, 0.5) is 5.95 Å². The fraction of sp³-hybridized carbons (Fsp3) is 0.667. The van der Waals surface area contributed by atoms with Crippen LogP contribution in [-0.4, -0.2) is 48.5 Å². The van der Waals surface area contributed by atoms with E-state index in [0.29, 0.717) is 12.1 Å². The molecule has 2 aromatic rings. The number of nitrogens with one attached hydrogen (secondary N) is 1. The number of nitrogens with zero attached hydrogens (tertiary/aromatic N) is 3. The molecule has 0 unspecified atom stereocenters. The smallest absolute Gasteiger partial charge is 0.280 e. The Bertz CT molecular complexity index is 812. The van der Waals surface area contributed by atoms with Gasteiger partial charge < -0.3 is 20.7 Å². The molecule has 5 N–H and O–H groups in total. The second-order valence-electron chi connectivity index (χ2n) is 6.67. The van der Waals surface area contributed by atoms with E-state index in [9.17, 15) is 15.0 Å². The average molecular weight is 335 g/mol. The van der Waals surface area contributed by atoms with E-state index in [1.807, 2.05) is 0 Å². The first kappa shape index (κ1) is 15.6. The van der Waals surface area contributed by atoms with E-state index < -0.39 is 23.5 Å². The van der Waals surface area contributed by atoms with Crippen LogP contribution in [0.2, 0.25) is 0 Å². The van der Waals surface area contributed by atoms with E-state index in [4.69, 9.17) is 10.5 Å². The van der Waals surface area contributed by atoms with Crippen molar-refractivity contribution in [3.05, 3.63) is 16.7 Å². The first-order valence-corrected chi connectivity index (χ1v) is 8.25. The molecule has 0 aromatic carbocycles. The summed E-state index contributed by atoms with van der Waals surface area (Å²) in [5.41, 5.74) is 4.94. The standard InChI is InChI=1S/C15H21N5O4/c16-14-18-12-11(13(23)19-14)17-7-20(12)15(8-3-1-2-4-8)5-9(22)10(6-21)24-15/h7-10,21-22H,1-6H2,(H3,16,18,19,23)/t9-,10+,15-/m0/s1. The summed E-state index contributed by atoms with van der Waals surface area (Å²) in [6.45, 7) is -0.265. The maximum absolute atomic E-state index is 12.1. The third kappa shape index (κ3) is 2.15. The van der Waals surface area contributed by atoms with Gasteiger partial charge in [0.25, 0.3) is 5.56 Å². The Kier molecular flexibility index (Phi) is 3.59. The summed E-state index contributed by atoms with van der Waals surface area (Å²) in [6, 6.07) is 0. The normalized spacial score (nSPS) is 31.2. The molecule has 2 aromatic heterocycles. The van der Waals surface area contributed by atoms with Gasteiger partial charge in [-0.05, 0) is 12.8 Å². The molecule has 1 saturated carbocycles. The highest BCUT2D eigenvalue weighted by molar-refractivity contribution is 5.70. The molecular formula is C15H21N5O4. The Balaban J connectivity index is 1.90. The Labute approximate surface area is 137 Å². The number of hydrogen-bond donors (Lipinski definition) is 4. The lowest BCUT2D eigenvalue weighted by Crippen LogP contribution is -2.41. The molecular weight excluding hydrogens is 314 g/mol. The number of hydrogen-bond acceptors (Lipinski definition) is 7. The van der Waals surface area contributed by atoms with E-state index in [1.165, 1.54) is 6.33 Å². The number of rotatable bonds is 3. The largest absolute Gasteiger partial charge is 0.394 e. The Morgan fingerprint density at radius 1 is 1.46 bits per heavy atom. The number of imidazole rings is 1. The molecule has 3 heterocycles. The summed E-state index contributed by atoms with van der Waals surface area (Å²) < 4.78 is 7.88. The van der Waals surface area contributed by atoms with E-state index >= 15 is 0 Å². The van der Waals surface area contributed by atoms with Crippen molar-refractivity contribution in [2.45, 2.75) is 50.0 Å². The molecule has 1 aliphatic heterocycles. The highest BCUT2D eigenvalue weighted by Crippen LogP contribution is 2.48. The minimum Gasteiger partial charge on any atom is -0.394 e. The summed E-state index contributed by atoms with van der Waals surface area (Å²) in [7, 11) is 0. The SMILES string of the molecule is Nc1nc2c(ncn2[C@@]2(C3CCCC3)C[C@H](O)[C@@H](CO)O2)c(=O)[nH]1. The maximum Gasteiger partial charge on any atom is 0.280 e. The first-order valence-electron chi connectivity index (χ1n) is 8.25. The van der Waals surface area contributed by atoms with Crippen LogP contribution in [0.1, 0.15) is 32.1 Å². The van der Waals surface area contributed by atoms with Crippen molar-refractivity contribution in [3.8, 4) is 0 Å². The zero-order chi connectivity index (χ0) is 16.9. The molecule has 0 spiro atoms. The van der Waals surface area contributed by atoms with Gasteiger partial charge in [0.2, 0.25) is 5.95 Å². The van der Waals surface area contributed by atoms with Crippen molar-refractivity contribution >= 4 is 17.1 Å². The molecule has 0 bridgehead atoms. The summed E-state index contributed by atoms with van der Waals surface area (Å²) in [5.74, 6) is 0.163. The average Bonchev–Trinajstić information content (AvgIpc) is 3.25. The fourth-order valence-corrected chi connectivity index (χ4v) is 4.17. The Morgan fingerprint density at radius 3 is 2.88 bits per heavy atom. The molecule has 1 aliphatic carbocycles. The maximum atomic E-state index is 12.1. The van der Waals surface area contributed by atoms with Crippen LogP contribution in [0, 0.1) is 5.92 Å². The summed E-state index contributed by atoms with van der Waals surface area (Å²) >= 11 is 0. The van der Waals surface area contributed by atoms with Crippen molar-refractivity contribution in [1.29, 1.82) is 0 Å². The second kappa shape index (κ2) is 5.54. The number of nitrogen functional groups attached to an aromatic ring is 1. The van der Waals surface area contributed by atoms with Gasteiger partial charge in [-0.15, -0.1) is 0 Å². The monoisotopic (exact) mass is 335 g/mol. The molecule has 4 rings (SSSR count). The molecule has 3 atom stereocenters. The van der Waals surface area contributed by atoms with Crippen LogP contribution >= 0.6 is 0 Å². The Morgan fingerprint density at radius 2 is 2.21 bits per heavy atom. The van der Waals surface area contributed by atoms with Gasteiger partial charge in [0, 0.05) is 12.3 Å². The fourth-order valence-electron chi connectivity index (χ4n) is 4.17. The molecule has 9 nitrogen and oxygen atoms in total. The number of ether oxygens (including phenoxy) is 1. The van der Waals surface area contributed by atoms with Crippen LogP contribution in [0.5, 0.6) is 0 Å². The van der Waals surface area contributed by atoms with Gasteiger partial charge in [0.15, 0.2) is 16.9 Å². The van der Waals surface area contributed by atoms with Crippen LogP contribution in [0.15, 0.2) is 11.1 Å². The molecule has 1 saturated heterocycles. The van der Waals surface area contributed by atoms with Crippen molar-refractivity contribution in [2.75, 3.05) is 12.3 Å². The van der Waals surface area contributed by atoms with Crippen molar-refractivity contribution in [3.63, 3.8) is 0 Å². The zero-order valence-electron chi connectivity index (χ0n) is 13.2. The van der Waals surface area contributed by atoms with Crippen molar-refractivity contribution in [1.82, 2.24) is 19.5 Å². The van der Waals surface area contributed by atoms with Gasteiger partial charge in [0.05, 0.1) is 19.0 Å². The molecule has 2 fully saturated rings. The van der Waals surface area contributed by atoms with Gasteiger partial charge in [-0.1, -0.05) is 12.8 Å². The van der Waals surface area contributed by atoms with E-state index in [1.54, 1.807) is 4.57 Å². The van der Waals surface area contributed by atoms with Gasteiger partial charge in [-0.2, -0.15) is 4.98 Å². The minimum absolute atomic E-state index is 0.00748. The molecule has 0 radical (unpaired) electrons. The number of aliphatic hydroxyl groups is 2. The van der Waals surface area contributed by atoms with Crippen molar-refractivity contribution in [2.24, 2.45) is 5.92 Å². The number of aromatic nitrogens is 4. The summed E-state index contributed by atoms with van der Waals surface area (Å²) in [6.07, 6.45) is 4.46. The predicted octanol–water partition coefficient (Wildman–Crippen LogP) is -0.313. The predicted molar refractivity (Wildman–Crippen MR) is 85.1 cm³/mol. The Hall–Kier alpha value is -1.97. The third-order valence-electron chi connectivity index (χ3n) is 5.29. The number of aliphatic hydroxyl groups excluding tert-OH is 2. The van der Waals surface area contributed by atoms with Gasteiger partial charge in [-0.3, -0.25) is 14.3 Å². The van der Waals surface area contributed by atoms with Gasteiger partial charge >= 0.3 is 0 Å². The third-order valence-corrected chi connectivity index (χ3v) is 5.29. The zero-order valence-corrected chi connectivity index (χ0v) is 13.2. The number of fused-ring (bicyclic) bond motifs is 1. The lowest BCUT2D eigenvalue weighted by atomic mass is 9.90. The van der Waals surface area contributed by atoms with Crippen LogP contribution in [-0.2, 0) is 10.5 Å². The van der Waals surface area contributed by atoms with E-state index in [0.717, 1.165) is 25.7 Å². The number of nitrogens with two attached hydrogens (primary N) is 1. The van der Waals surface area contributed by atoms with Crippen molar-refractivity contribution < 1.29 is 14.9 Å². The number of H-pyrrole nitrogens is 1. The molecule has 130 valence electrons. The second-order valence-corrected chi connectivity index (χ2v) is 6.67. The summed E-state index contributed by atoms with van der Waals surface area (Å²) in [5, 5.41) is 19.8. The van der Waals surface area contributed by atoms with Gasteiger partial charge in [-0.25, -0.2) is 4.98 Å². The number of aromatic amines is 1. The van der Waals surface area contributed by atoms with Crippen LogP contribution < -0.4 is 11.3 Å². The number of anilines is 1. The van der Waals surface area contributed by atoms with Crippen LogP contribution in [0.3, 0.4) is 0 Å². The van der Waals surface area contributed by atoms with Crippen LogP contribution in [0.25, 0.3) is 11.2 Å². The molecule has 2 aliphatic rings.